The van der Waals surface area contributed by atoms with Crippen molar-refractivity contribution in [3.8, 4) is 0 Å². The van der Waals surface area contributed by atoms with Crippen molar-refractivity contribution in [3.63, 3.8) is 0 Å². The van der Waals surface area contributed by atoms with E-state index in [1.54, 1.807) is 5.55 Å². The summed E-state index contributed by atoms with van der Waals surface area (Å²) in [4.78, 5) is 2.67. The zero-order chi connectivity index (χ0) is 6.28. The average Bonchev–Trinajstić information content (AvgIpc) is 1.81. The SMILES string of the molecule is S[S]1(S)(=[Fe])C=NNS1. The van der Waals surface area contributed by atoms with Gasteiger partial charge < -0.3 is 0 Å². The maximum absolute atomic E-state index is 4.22. The molecule has 1 aliphatic heterocycles. The van der Waals surface area contributed by atoms with Crippen molar-refractivity contribution in [3.05, 3.63) is 0 Å². The van der Waals surface area contributed by atoms with Crippen molar-refractivity contribution >= 4 is 44.0 Å². The van der Waals surface area contributed by atoms with Crippen LogP contribution in [0.15, 0.2) is 5.10 Å². The zero-order valence-electron chi connectivity index (χ0n) is 3.59. The molecule has 1 rings (SSSR count). The topological polar surface area (TPSA) is 24.4 Å². The molecule has 1 aliphatic rings. The molecule has 0 amide bonds. The normalized spacial score (nSPS) is 35.1. The molecule has 0 saturated carbocycles. The minimum absolute atomic E-state index is 1.36. The molecule has 0 spiro atoms. The first-order valence-electron chi connectivity index (χ1n) is 1.60. The molecule has 1 heterocycles. The van der Waals surface area contributed by atoms with Crippen LogP contribution in [0.5, 0.6) is 0 Å². The maximum atomic E-state index is 4.22. The summed E-state index contributed by atoms with van der Waals surface area (Å²) in [6.07, 6.45) is 0. The molecule has 0 fully saturated rings. The second-order valence-electron chi connectivity index (χ2n) is 1.22. The molecular weight excluding hydrogens is 224 g/mol. The molecule has 8 heavy (non-hydrogen) atoms. The van der Waals surface area contributed by atoms with Gasteiger partial charge in [0.2, 0.25) is 0 Å². The number of nitrogens with one attached hydrogen (secondary N) is 1. The molecule has 0 saturated heterocycles. The summed E-state index contributed by atoms with van der Waals surface area (Å²) in [6, 6.07) is 0. The Morgan fingerprint density at radius 1 is 1.75 bits per heavy atom. The van der Waals surface area contributed by atoms with E-state index in [1.165, 1.54) is 11.0 Å². The van der Waals surface area contributed by atoms with Gasteiger partial charge >= 0.3 is 68.3 Å². The summed E-state index contributed by atoms with van der Waals surface area (Å²) >= 11 is 12.2. The van der Waals surface area contributed by atoms with E-state index in [2.05, 4.69) is 47.6 Å². The van der Waals surface area contributed by atoms with Gasteiger partial charge in [0.05, 0.1) is 0 Å². The van der Waals surface area contributed by atoms with Crippen LogP contribution in [-0.4, -0.2) is 5.55 Å². The van der Waals surface area contributed by atoms with Gasteiger partial charge in [0.25, 0.3) is 0 Å². The standard InChI is InChI=1S/CH4N2S4.Fe/c4-7(5)1-2-3-6-7;/h1,3-5H;. The van der Waals surface area contributed by atoms with Crippen molar-refractivity contribution in [1.82, 2.24) is 4.83 Å². The van der Waals surface area contributed by atoms with E-state index >= 15 is 0 Å². The Morgan fingerprint density at radius 3 is 2.50 bits per heavy atom. The Kier molecular flexibility index (Phi) is 1.81. The predicted molar refractivity (Wildman–Crippen MR) is 44.8 cm³/mol. The zero-order valence-corrected chi connectivity index (χ0v) is 8.12. The van der Waals surface area contributed by atoms with Crippen LogP contribution in [0, 0.1) is 0 Å². The predicted octanol–water partition coefficient (Wildman–Crippen LogP) is 1.59. The molecule has 0 bridgehead atoms. The van der Waals surface area contributed by atoms with Gasteiger partial charge in [-0.05, 0) is 0 Å². The van der Waals surface area contributed by atoms with Gasteiger partial charge in [-0.2, -0.15) is 0 Å². The van der Waals surface area contributed by atoms with Crippen LogP contribution < -0.4 is 4.83 Å². The van der Waals surface area contributed by atoms with Crippen molar-refractivity contribution in [1.29, 1.82) is 0 Å². The molecular formula is CH4FeN2S4. The molecule has 0 aromatic heterocycles. The second kappa shape index (κ2) is 1.93. The van der Waals surface area contributed by atoms with Gasteiger partial charge in [0.1, 0.15) is 0 Å². The molecule has 1 N–H and O–H groups in total. The van der Waals surface area contributed by atoms with Crippen LogP contribution in [0.25, 0.3) is 0 Å². The Bertz CT molecular complexity index is 190. The Morgan fingerprint density at radius 2 is 2.38 bits per heavy atom. The quantitative estimate of drug-likeness (QED) is 0.254. The van der Waals surface area contributed by atoms with Crippen LogP contribution in [-0.2, 0) is 14.4 Å². The van der Waals surface area contributed by atoms with Crippen molar-refractivity contribution in [2.75, 3.05) is 0 Å². The number of hydrogen-bond donors (Lipinski definition) is 3. The summed E-state index contributed by atoms with van der Waals surface area (Å²) < 4.78 is -2.12. The first kappa shape index (κ1) is 7.50. The van der Waals surface area contributed by atoms with Crippen molar-refractivity contribution in [2.24, 2.45) is 5.10 Å². The summed E-state index contributed by atoms with van der Waals surface area (Å²) in [5.41, 5.74) is 1.65. The van der Waals surface area contributed by atoms with E-state index in [9.17, 15) is 0 Å². The number of rotatable bonds is 0. The minimum atomic E-state index is -2.12. The first-order chi connectivity index (χ1) is 3.47. The molecule has 7 heteroatoms. The monoisotopic (exact) mass is 228 g/mol. The molecule has 0 aromatic carbocycles. The van der Waals surface area contributed by atoms with Gasteiger partial charge in [-0.1, -0.05) is 0 Å². The van der Waals surface area contributed by atoms with E-state index in [0.29, 0.717) is 0 Å². The number of thiol groups is 2. The van der Waals surface area contributed by atoms with E-state index in [4.69, 9.17) is 0 Å². The average molecular weight is 228 g/mol. The molecule has 0 aromatic rings. The van der Waals surface area contributed by atoms with Crippen LogP contribution >= 0.6 is 38.5 Å². The van der Waals surface area contributed by atoms with E-state index in [1.807, 2.05) is 0 Å². The number of nitrogens with zero attached hydrogens (tertiary/aromatic N) is 1. The van der Waals surface area contributed by atoms with Gasteiger partial charge in [-0.25, -0.2) is 0 Å². The number of hydrazone groups is 1. The van der Waals surface area contributed by atoms with Crippen molar-refractivity contribution < 1.29 is 14.4 Å². The fraction of sp³-hybridized carbons (Fsp3) is 0. The molecule has 0 unspecified atom stereocenters. The molecule has 0 aliphatic carbocycles. The molecule has 0 radical (unpaired) electrons. The Labute approximate surface area is 67.9 Å². The van der Waals surface area contributed by atoms with Crippen LogP contribution in [0.1, 0.15) is 0 Å². The third kappa shape index (κ3) is 1.97. The van der Waals surface area contributed by atoms with Gasteiger partial charge in [-0.15, -0.1) is 0 Å². The second-order valence-corrected chi connectivity index (χ2v) is 18.5. The molecule has 50 valence electrons. The molecule has 2 nitrogen and oxygen atoms in total. The fourth-order valence-electron chi connectivity index (χ4n) is 0.220. The fourth-order valence-corrected chi connectivity index (χ4v) is 3.01. The van der Waals surface area contributed by atoms with Crippen LogP contribution in [0.3, 0.4) is 0 Å². The van der Waals surface area contributed by atoms with Gasteiger partial charge in [0, 0.05) is 0 Å². The number of hydrogen-bond acceptors (Lipinski definition) is 5. The summed E-state index contributed by atoms with van der Waals surface area (Å²) in [5, 5.41) is 3.73. The third-order valence-electron chi connectivity index (χ3n) is 0.469. The molecule has 0 atom stereocenters. The Hall–Kier alpha value is 1.39. The van der Waals surface area contributed by atoms with Crippen LogP contribution in [0.2, 0.25) is 0 Å². The van der Waals surface area contributed by atoms with Crippen LogP contribution in [0.4, 0.5) is 0 Å². The summed E-state index contributed by atoms with van der Waals surface area (Å²) in [5.74, 6) is 0. The van der Waals surface area contributed by atoms with Gasteiger partial charge in [-0.3, -0.25) is 0 Å². The van der Waals surface area contributed by atoms with E-state index < -0.39 is 4.18 Å². The van der Waals surface area contributed by atoms with Crippen molar-refractivity contribution in [2.45, 2.75) is 0 Å². The van der Waals surface area contributed by atoms with E-state index in [-0.39, 0.29) is 0 Å². The summed E-state index contributed by atoms with van der Waals surface area (Å²) in [6.45, 7) is 0. The van der Waals surface area contributed by atoms with Gasteiger partial charge in [0.15, 0.2) is 0 Å². The van der Waals surface area contributed by atoms with E-state index in [0.717, 1.165) is 0 Å². The Balaban J connectivity index is 3.02. The summed E-state index contributed by atoms with van der Waals surface area (Å²) in [7, 11) is 1.36. The first-order valence-corrected chi connectivity index (χ1v) is 8.37. The third-order valence-corrected chi connectivity index (χ3v) is 5.89.